The van der Waals surface area contributed by atoms with E-state index in [0.717, 1.165) is 5.56 Å². The van der Waals surface area contributed by atoms with Crippen molar-refractivity contribution in [3.63, 3.8) is 0 Å². The minimum Gasteiger partial charge on any atom is -0.445 e. The van der Waals surface area contributed by atoms with Gasteiger partial charge in [0.15, 0.2) is 0 Å². The summed E-state index contributed by atoms with van der Waals surface area (Å²) in [5.41, 5.74) is 5.66. The first kappa shape index (κ1) is 12.9. The van der Waals surface area contributed by atoms with Crippen LogP contribution in [0, 0.1) is 0 Å². The van der Waals surface area contributed by atoms with E-state index in [1.54, 1.807) is 0 Å². The molecule has 2 rings (SSSR count). The highest BCUT2D eigenvalue weighted by Crippen LogP contribution is 2.29. The van der Waals surface area contributed by atoms with Crippen molar-refractivity contribution in [3.05, 3.63) is 35.9 Å². The zero-order valence-corrected chi connectivity index (χ0v) is 10.1. The Balaban J connectivity index is 1.67. The third kappa shape index (κ3) is 3.45. The zero-order chi connectivity index (χ0) is 13.0. The Morgan fingerprint density at radius 2 is 2.11 bits per heavy atom. The van der Waals surface area contributed by atoms with E-state index in [4.69, 9.17) is 10.5 Å². The molecule has 0 saturated heterocycles. The predicted molar refractivity (Wildman–Crippen MR) is 66.8 cm³/mol. The molecule has 4 N–H and O–H groups in total. The minimum absolute atomic E-state index is 0.0390. The van der Waals surface area contributed by atoms with Gasteiger partial charge in [0.2, 0.25) is 0 Å². The minimum atomic E-state index is -0.856. The first-order valence-corrected chi connectivity index (χ1v) is 6.00. The molecule has 0 aromatic heterocycles. The Kier molecular flexibility index (Phi) is 3.84. The van der Waals surface area contributed by atoms with Gasteiger partial charge < -0.3 is 20.9 Å². The van der Waals surface area contributed by atoms with Crippen molar-refractivity contribution >= 4 is 6.09 Å². The smallest absolute Gasteiger partial charge is 0.407 e. The first-order chi connectivity index (χ1) is 8.57. The molecule has 18 heavy (non-hydrogen) atoms. The van der Waals surface area contributed by atoms with Crippen LogP contribution in [0.15, 0.2) is 30.3 Å². The average Bonchev–Trinajstić information content (AvgIpc) is 2.33. The van der Waals surface area contributed by atoms with E-state index in [2.05, 4.69) is 5.32 Å². The fourth-order valence-corrected chi connectivity index (χ4v) is 2.07. The molecule has 98 valence electrons. The standard InChI is InChI=1S/C13H18N2O3/c14-11-6-13(17,7-11)9-15-12(16)18-8-10-4-2-1-3-5-10/h1-5,11,17H,6-9,14H2,(H,15,16). The van der Waals surface area contributed by atoms with E-state index in [9.17, 15) is 9.90 Å². The fraction of sp³-hybridized carbons (Fsp3) is 0.462. The summed E-state index contributed by atoms with van der Waals surface area (Å²) in [4.78, 5) is 11.4. The lowest BCUT2D eigenvalue weighted by molar-refractivity contribution is -0.0440. The highest BCUT2D eigenvalue weighted by atomic mass is 16.5. The van der Waals surface area contributed by atoms with Crippen LogP contribution in [-0.2, 0) is 11.3 Å². The fourth-order valence-electron chi connectivity index (χ4n) is 2.07. The highest BCUT2D eigenvalue weighted by molar-refractivity contribution is 5.67. The predicted octanol–water partition coefficient (Wildman–Crippen LogP) is 0.765. The molecule has 1 amide bonds. The summed E-state index contributed by atoms with van der Waals surface area (Å²) in [6, 6.07) is 9.47. The molecule has 0 radical (unpaired) electrons. The maximum atomic E-state index is 11.4. The second-order valence-electron chi connectivity index (χ2n) is 4.81. The summed E-state index contributed by atoms with van der Waals surface area (Å²) in [5, 5.41) is 12.4. The van der Waals surface area contributed by atoms with Crippen molar-refractivity contribution in [2.45, 2.75) is 31.1 Å². The number of nitrogens with two attached hydrogens (primary N) is 1. The van der Waals surface area contributed by atoms with Gasteiger partial charge in [-0.15, -0.1) is 0 Å². The molecule has 0 heterocycles. The van der Waals surface area contributed by atoms with E-state index in [1.165, 1.54) is 0 Å². The molecule has 0 bridgehead atoms. The van der Waals surface area contributed by atoms with Crippen LogP contribution in [-0.4, -0.2) is 29.4 Å². The monoisotopic (exact) mass is 250 g/mol. The molecule has 1 saturated carbocycles. The second-order valence-corrected chi connectivity index (χ2v) is 4.81. The third-order valence-electron chi connectivity index (χ3n) is 3.06. The van der Waals surface area contributed by atoms with Crippen LogP contribution < -0.4 is 11.1 Å². The summed E-state index contributed by atoms with van der Waals surface area (Å²) in [5.74, 6) is 0. The zero-order valence-electron chi connectivity index (χ0n) is 10.1. The number of alkyl carbamates (subject to hydrolysis) is 1. The molecule has 0 spiro atoms. The number of carbonyl (C=O) groups is 1. The molecule has 5 heteroatoms. The molecule has 1 aliphatic rings. The third-order valence-corrected chi connectivity index (χ3v) is 3.06. The van der Waals surface area contributed by atoms with Gasteiger partial charge in [-0.1, -0.05) is 30.3 Å². The van der Waals surface area contributed by atoms with Crippen LogP contribution in [0.3, 0.4) is 0 Å². The molecule has 0 unspecified atom stereocenters. The van der Waals surface area contributed by atoms with Crippen LogP contribution >= 0.6 is 0 Å². The van der Waals surface area contributed by atoms with Gasteiger partial charge in [-0.3, -0.25) is 0 Å². The number of amides is 1. The lowest BCUT2D eigenvalue weighted by Crippen LogP contribution is -2.57. The SMILES string of the molecule is NC1CC(O)(CNC(=O)OCc2ccccc2)C1. The summed E-state index contributed by atoms with van der Waals surface area (Å²) < 4.78 is 5.03. The van der Waals surface area contributed by atoms with E-state index in [-0.39, 0.29) is 19.2 Å². The Morgan fingerprint density at radius 3 is 2.72 bits per heavy atom. The van der Waals surface area contributed by atoms with Crippen molar-refractivity contribution in [3.8, 4) is 0 Å². The summed E-state index contributed by atoms with van der Waals surface area (Å²) >= 11 is 0. The van der Waals surface area contributed by atoms with Crippen molar-refractivity contribution in [2.24, 2.45) is 5.73 Å². The first-order valence-electron chi connectivity index (χ1n) is 6.00. The molecule has 0 aliphatic heterocycles. The summed E-state index contributed by atoms with van der Waals surface area (Å²) in [7, 11) is 0. The maximum absolute atomic E-state index is 11.4. The number of carbonyl (C=O) groups excluding carboxylic acids is 1. The van der Waals surface area contributed by atoms with Crippen molar-refractivity contribution in [2.75, 3.05) is 6.54 Å². The number of nitrogens with one attached hydrogen (secondary N) is 1. The van der Waals surface area contributed by atoms with E-state index in [1.807, 2.05) is 30.3 Å². The number of hydrogen-bond acceptors (Lipinski definition) is 4. The van der Waals surface area contributed by atoms with Crippen LogP contribution in [0.1, 0.15) is 18.4 Å². The lowest BCUT2D eigenvalue weighted by Gasteiger charge is -2.41. The Hall–Kier alpha value is -1.59. The van der Waals surface area contributed by atoms with Crippen molar-refractivity contribution in [1.82, 2.24) is 5.32 Å². The van der Waals surface area contributed by atoms with E-state index < -0.39 is 11.7 Å². The van der Waals surface area contributed by atoms with Crippen LogP contribution in [0.4, 0.5) is 4.79 Å². The van der Waals surface area contributed by atoms with Crippen molar-refractivity contribution in [1.29, 1.82) is 0 Å². The van der Waals surface area contributed by atoms with Gasteiger partial charge in [-0.2, -0.15) is 0 Å². The van der Waals surface area contributed by atoms with Crippen LogP contribution in [0.25, 0.3) is 0 Å². The molecule has 5 nitrogen and oxygen atoms in total. The van der Waals surface area contributed by atoms with Gasteiger partial charge in [-0.25, -0.2) is 4.79 Å². The molecule has 1 fully saturated rings. The average molecular weight is 250 g/mol. The Morgan fingerprint density at radius 1 is 1.44 bits per heavy atom. The Bertz CT molecular complexity index is 402. The van der Waals surface area contributed by atoms with Gasteiger partial charge in [0.1, 0.15) is 6.61 Å². The van der Waals surface area contributed by atoms with Gasteiger partial charge in [0, 0.05) is 12.6 Å². The number of hydrogen-bond donors (Lipinski definition) is 3. The van der Waals surface area contributed by atoms with Gasteiger partial charge in [-0.05, 0) is 18.4 Å². The molecule has 0 atom stereocenters. The lowest BCUT2D eigenvalue weighted by atomic mass is 9.76. The topological polar surface area (TPSA) is 84.6 Å². The molecular formula is C13H18N2O3. The quantitative estimate of drug-likeness (QED) is 0.736. The number of rotatable bonds is 4. The van der Waals surface area contributed by atoms with Gasteiger partial charge in [0.25, 0.3) is 0 Å². The van der Waals surface area contributed by atoms with Crippen LogP contribution in [0.2, 0.25) is 0 Å². The molecule has 1 aromatic carbocycles. The van der Waals surface area contributed by atoms with Crippen LogP contribution in [0.5, 0.6) is 0 Å². The largest absolute Gasteiger partial charge is 0.445 e. The van der Waals surface area contributed by atoms with Gasteiger partial charge in [0.05, 0.1) is 5.60 Å². The maximum Gasteiger partial charge on any atom is 0.407 e. The van der Waals surface area contributed by atoms with Crippen molar-refractivity contribution < 1.29 is 14.6 Å². The molecular weight excluding hydrogens is 232 g/mol. The van der Waals surface area contributed by atoms with E-state index >= 15 is 0 Å². The molecule has 1 aromatic rings. The highest BCUT2D eigenvalue weighted by Gasteiger charge is 2.40. The number of ether oxygens (including phenoxy) is 1. The Labute approximate surface area is 106 Å². The number of benzene rings is 1. The number of aliphatic hydroxyl groups is 1. The van der Waals surface area contributed by atoms with E-state index in [0.29, 0.717) is 12.8 Å². The van der Waals surface area contributed by atoms with Gasteiger partial charge >= 0.3 is 6.09 Å². The second kappa shape index (κ2) is 5.37. The summed E-state index contributed by atoms with van der Waals surface area (Å²) in [6.45, 7) is 0.416. The summed E-state index contributed by atoms with van der Waals surface area (Å²) in [6.07, 6.45) is 0.519. The molecule has 1 aliphatic carbocycles. The normalized spacial score (nSPS) is 26.2.